The van der Waals surface area contributed by atoms with E-state index in [-0.39, 0.29) is 5.75 Å². The number of methoxy groups -OCH3 is 1. The second-order valence-corrected chi connectivity index (χ2v) is 8.29. The molecular formula is C10H15BN2O12P2-. The zero-order valence-corrected chi connectivity index (χ0v) is 15.4. The van der Waals surface area contributed by atoms with Gasteiger partial charge in [0.1, 0.15) is 18.3 Å². The lowest BCUT2D eigenvalue weighted by Crippen LogP contribution is -2.38. The Morgan fingerprint density at radius 3 is 2.48 bits per heavy atom. The van der Waals surface area contributed by atoms with Crippen molar-refractivity contribution in [3.05, 3.63) is 27.0 Å². The molecular weight excluding hydrogens is 413 g/mol. The molecule has 17 heteroatoms. The number of hydrogen-bond donors (Lipinski definition) is 5. The van der Waals surface area contributed by atoms with Crippen LogP contribution in [0.15, 0.2) is 15.8 Å². The minimum absolute atomic E-state index is 0.277. The van der Waals surface area contributed by atoms with E-state index in [0.29, 0.717) is 0 Å². The monoisotopic (exact) mass is 428 g/mol. The van der Waals surface area contributed by atoms with E-state index >= 15 is 0 Å². The summed E-state index contributed by atoms with van der Waals surface area (Å²) in [6.07, 6.45) is -5.32. The fourth-order valence-electron chi connectivity index (χ4n) is 2.25. The van der Waals surface area contributed by atoms with E-state index in [0.717, 1.165) is 17.9 Å². The van der Waals surface area contributed by atoms with Crippen LogP contribution in [0.25, 0.3) is 0 Å². The average molecular weight is 428 g/mol. The van der Waals surface area contributed by atoms with Gasteiger partial charge in [0.2, 0.25) is 5.75 Å². The van der Waals surface area contributed by atoms with Gasteiger partial charge in [-0.1, -0.05) is 0 Å². The van der Waals surface area contributed by atoms with Crippen molar-refractivity contribution in [2.45, 2.75) is 24.5 Å². The van der Waals surface area contributed by atoms with E-state index < -0.39 is 57.7 Å². The molecule has 0 aromatic carbocycles. The highest BCUT2D eigenvalue weighted by Crippen LogP contribution is 2.57. The highest BCUT2D eigenvalue weighted by Gasteiger charge is 2.44. The molecule has 0 spiro atoms. The average Bonchev–Trinajstić information content (AvgIpc) is 2.79. The quantitative estimate of drug-likeness (QED) is 0.227. The highest BCUT2D eigenvalue weighted by molar-refractivity contribution is 7.83. The van der Waals surface area contributed by atoms with E-state index in [1.54, 1.807) is 0 Å². The first-order valence-electron chi connectivity index (χ1n) is 7.06. The fraction of sp³-hybridized carbons (Fsp3) is 0.600. The molecule has 0 bridgehead atoms. The maximum atomic E-state index is 11.9. The predicted octanol–water partition coefficient (Wildman–Crippen LogP) is -2.43. The first-order valence-corrected chi connectivity index (χ1v) is 10.2. The molecule has 2 rings (SSSR count). The van der Waals surface area contributed by atoms with Gasteiger partial charge in [0.05, 0.1) is 27.4 Å². The summed E-state index contributed by atoms with van der Waals surface area (Å²) in [4.78, 5) is 42.5. The number of hydrogen-bond acceptors (Lipinski definition) is 10. The van der Waals surface area contributed by atoms with Crippen LogP contribution < -0.4 is 16.0 Å². The summed E-state index contributed by atoms with van der Waals surface area (Å²) < 4.78 is 41.4. The summed E-state index contributed by atoms with van der Waals surface area (Å²) in [5.41, 5.74) is -1.81. The number of aromatic nitrogens is 2. The third-order valence-electron chi connectivity index (χ3n) is 3.41. The van der Waals surface area contributed by atoms with Gasteiger partial charge in [-0.3, -0.25) is 14.3 Å². The number of aromatic amines is 1. The molecule has 151 valence electrons. The Labute approximate surface area is 151 Å². The third-order valence-corrected chi connectivity index (χ3v) is 5.68. The molecule has 0 saturated carbocycles. The summed E-state index contributed by atoms with van der Waals surface area (Å²) in [5.74, 6) is -0.277. The van der Waals surface area contributed by atoms with E-state index in [2.05, 4.69) is 8.83 Å². The molecule has 5 N–H and O–H groups in total. The number of aliphatic hydroxyl groups is 2. The first kappa shape index (κ1) is 22.0. The summed E-state index contributed by atoms with van der Waals surface area (Å²) in [7, 11) is -3.76. The number of H-pyrrole nitrogens is 1. The van der Waals surface area contributed by atoms with Crippen molar-refractivity contribution >= 4 is 22.9 Å². The van der Waals surface area contributed by atoms with Gasteiger partial charge in [0, 0.05) is 0 Å². The molecule has 5 atom stereocenters. The summed E-state index contributed by atoms with van der Waals surface area (Å²) in [5, 5.41) is 20.1. The Hall–Kier alpha value is -1.28. The lowest BCUT2D eigenvalue weighted by molar-refractivity contribution is -0.0522. The van der Waals surface area contributed by atoms with E-state index in [4.69, 9.17) is 26.8 Å². The predicted molar refractivity (Wildman–Crippen MR) is 86.2 cm³/mol. The second-order valence-electron chi connectivity index (χ2n) is 5.32. The number of nitrogens with one attached hydrogen (secondary N) is 1. The summed E-state index contributed by atoms with van der Waals surface area (Å²) in [6.45, 7) is -0.808. The number of nitrogens with zero attached hydrogens (tertiary/aromatic N) is 1. The molecule has 0 amide bonds. The van der Waals surface area contributed by atoms with Crippen molar-refractivity contribution < 1.29 is 47.4 Å². The van der Waals surface area contributed by atoms with Gasteiger partial charge in [-0.2, -0.15) is 0 Å². The van der Waals surface area contributed by atoms with Gasteiger partial charge in [0.15, 0.2) is 6.23 Å². The highest BCUT2D eigenvalue weighted by atomic mass is 31.3. The maximum absolute atomic E-state index is 11.9. The van der Waals surface area contributed by atoms with Crippen LogP contribution in [0.1, 0.15) is 6.23 Å². The van der Waals surface area contributed by atoms with Crippen molar-refractivity contribution in [1.82, 2.24) is 9.55 Å². The van der Waals surface area contributed by atoms with E-state index in [1.165, 1.54) is 0 Å². The van der Waals surface area contributed by atoms with Crippen LogP contribution in [-0.4, -0.2) is 69.1 Å². The Balaban J connectivity index is 2.17. The molecule has 1 saturated heterocycles. The Bertz CT molecular complexity index is 895. The van der Waals surface area contributed by atoms with Gasteiger partial charge in [-0.15, -0.1) is 0 Å². The Morgan fingerprint density at radius 2 is 1.93 bits per heavy atom. The third kappa shape index (κ3) is 5.38. The zero-order chi connectivity index (χ0) is 20.6. The van der Waals surface area contributed by atoms with Crippen LogP contribution >= 0.6 is 15.3 Å². The smallest absolute Gasteiger partial charge is 0.474 e. The Morgan fingerprint density at radius 1 is 1.30 bits per heavy atom. The zero-order valence-electron chi connectivity index (χ0n) is 13.6. The second kappa shape index (κ2) is 7.99. The van der Waals surface area contributed by atoms with Crippen LogP contribution in [-0.2, 0) is 22.7 Å². The van der Waals surface area contributed by atoms with Gasteiger partial charge in [-0.25, -0.2) is 13.7 Å². The maximum Gasteiger partial charge on any atom is 0.474 e. The lowest BCUT2D eigenvalue weighted by Gasteiger charge is -2.28. The Kier molecular flexibility index (Phi) is 6.52. The van der Waals surface area contributed by atoms with E-state index in [1.807, 2.05) is 4.98 Å². The fourth-order valence-corrected chi connectivity index (χ4v) is 3.98. The van der Waals surface area contributed by atoms with Gasteiger partial charge in [0.25, 0.3) is 5.56 Å². The molecule has 2 heterocycles. The van der Waals surface area contributed by atoms with Gasteiger partial charge in [-0.05, 0) is 0 Å². The molecule has 1 aliphatic heterocycles. The summed E-state index contributed by atoms with van der Waals surface area (Å²) in [6, 6.07) is 0. The number of ether oxygens (including phenoxy) is 2. The van der Waals surface area contributed by atoms with Gasteiger partial charge >= 0.3 is 13.5 Å². The molecule has 1 aliphatic rings. The van der Waals surface area contributed by atoms with Crippen LogP contribution in [0.4, 0.5) is 0 Å². The molecule has 1 fully saturated rings. The molecule has 0 aliphatic carbocycles. The van der Waals surface area contributed by atoms with Crippen LogP contribution in [0.5, 0.6) is 5.75 Å². The van der Waals surface area contributed by atoms with Crippen molar-refractivity contribution in [3.63, 3.8) is 0 Å². The van der Waals surface area contributed by atoms with E-state index in [9.17, 15) is 28.9 Å². The van der Waals surface area contributed by atoms with Crippen molar-refractivity contribution in [1.29, 1.82) is 0 Å². The van der Waals surface area contributed by atoms with Crippen molar-refractivity contribution in [2.24, 2.45) is 0 Å². The molecule has 3 radical (unpaired) electrons. The van der Waals surface area contributed by atoms with Crippen LogP contribution in [0.2, 0.25) is 0 Å². The summed E-state index contributed by atoms with van der Waals surface area (Å²) >= 11 is 0. The number of phosphoric acid groups is 1. The first-order chi connectivity index (χ1) is 12.3. The molecule has 1 aromatic rings. The van der Waals surface area contributed by atoms with Crippen LogP contribution in [0, 0.1) is 0 Å². The van der Waals surface area contributed by atoms with Crippen LogP contribution in [0.3, 0.4) is 0 Å². The minimum atomic E-state index is -5.22. The van der Waals surface area contributed by atoms with Crippen molar-refractivity contribution in [3.8, 4) is 5.75 Å². The minimum Gasteiger partial charge on any atom is -0.490 e. The number of aliphatic hydroxyl groups excluding tert-OH is 2. The molecule has 27 heavy (non-hydrogen) atoms. The molecule has 1 aromatic heterocycles. The largest absolute Gasteiger partial charge is 0.490 e. The topological polar surface area (TPSA) is 207 Å². The molecule has 0 unspecified atom stereocenters. The normalized spacial score (nSPS) is 28.1. The SMILES string of the molecule is [B-][P@@](=O)(OC[C@H]1O[C@@H](n2cc(OC)c(=O)[nH]c2=O)[C@H](O)[C@@H]1O)OP(=O)(O)O. The van der Waals surface area contributed by atoms with Gasteiger partial charge < -0.3 is 46.1 Å². The molecule has 14 nitrogen and oxygen atoms in total. The standard InChI is InChI=1S/C10H15BN2O12P2/c1-22-4-2-13(10(17)12-8(4)16)9-7(15)6(14)5(24-9)3-23-26(11,18)25-27(19,20)21/h2,5-7,9,14-15H,3H2,1H3,(H,12,16,17)(H2,19,20,21)/q-1/t5-,6-,7-,9-,26-/m1/s1. The van der Waals surface area contributed by atoms with Crippen molar-refractivity contribution in [2.75, 3.05) is 13.7 Å². The number of rotatable bonds is 7. The lowest BCUT2D eigenvalue weighted by atomic mass is 10.1.